The van der Waals surface area contributed by atoms with Crippen LogP contribution in [0.1, 0.15) is 27.9 Å². The van der Waals surface area contributed by atoms with Crippen LogP contribution < -0.4 is 5.73 Å². The second-order valence-electron chi connectivity index (χ2n) is 3.44. The molecule has 0 spiro atoms. The topological polar surface area (TPSA) is 63.3 Å². The number of carbonyl (C=O) groups is 1. The molecule has 0 fully saturated rings. The Morgan fingerprint density at radius 1 is 1.50 bits per heavy atom. The Hall–Kier alpha value is -1.03. The van der Waals surface area contributed by atoms with Crippen LogP contribution in [0.25, 0.3) is 0 Å². The van der Waals surface area contributed by atoms with Crippen molar-refractivity contribution < 1.29 is 9.90 Å². The summed E-state index contributed by atoms with van der Waals surface area (Å²) in [5.74, 6) is -0.615. The lowest BCUT2D eigenvalue weighted by atomic mass is 10.0. The minimum atomic E-state index is -0.585. The second kappa shape index (κ2) is 3.28. The van der Waals surface area contributed by atoms with Gasteiger partial charge in [-0.15, -0.1) is 0 Å². The molecule has 1 aliphatic rings. The van der Waals surface area contributed by atoms with Crippen LogP contribution in [0, 0.1) is 0 Å². The van der Waals surface area contributed by atoms with E-state index >= 15 is 0 Å². The summed E-state index contributed by atoms with van der Waals surface area (Å²) in [7, 11) is 0. The highest BCUT2D eigenvalue weighted by molar-refractivity contribution is 9.10. The van der Waals surface area contributed by atoms with Gasteiger partial charge in [-0.3, -0.25) is 4.79 Å². The molecule has 74 valence electrons. The number of halogens is 1. The van der Waals surface area contributed by atoms with Crippen LogP contribution in [-0.2, 0) is 12.8 Å². The molecule has 1 aliphatic carbocycles. The molecule has 14 heavy (non-hydrogen) atoms. The van der Waals surface area contributed by atoms with Gasteiger partial charge >= 0.3 is 0 Å². The first-order valence-corrected chi connectivity index (χ1v) is 5.23. The molecule has 0 aliphatic heterocycles. The summed E-state index contributed by atoms with van der Waals surface area (Å²) in [5, 5.41) is 9.68. The summed E-state index contributed by atoms with van der Waals surface area (Å²) >= 11 is 3.29. The van der Waals surface area contributed by atoms with Crippen LogP contribution in [-0.4, -0.2) is 11.0 Å². The molecule has 0 heterocycles. The van der Waals surface area contributed by atoms with Crippen molar-refractivity contribution in [2.75, 3.05) is 0 Å². The average molecular weight is 256 g/mol. The van der Waals surface area contributed by atoms with Crippen molar-refractivity contribution in [1.82, 2.24) is 0 Å². The highest BCUT2D eigenvalue weighted by Crippen LogP contribution is 2.38. The molecule has 3 N–H and O–H groups in total. The molecule has 0 unspecified atom stereocenters. The average Bonchev–Trinajstić information content (AvgIpc) is 2.58. The van der Waals surface area contributed by atoms with E-state index in [-0.39, 0.29) is 11.3 Å². The fraction of sp³-hybridized carbons (Fsp3) is 0.300. The van der Waals surface area contributed by atoms with Crippen LogP contribution in [0.4, 0.5) is 0 Å². The molecule has 1 aromatic rings. The number of aryl methyl sites for hydroxylation is 1. The Bertz CT molecular complexity index is 415. The van der Waals surface area contributed by atoms with E-state index in [1.54, 1.807) is 6.07 Å². The standard InChI is InChI=1S/C10H10BrNO2/c11-8-6-3-1-2-5(6)4-7(9(8)13)10(12)14/h4,13H,1-3H2,(H2,12,14). The van der Waals surface area contributed by atoms with Gasteiger partial charge in [-0.05, 0) is 52.4 Å². The van der Waals surface area contributed by atoms with E-state index in [1.165, 1.54) is 0 Å². The summed E-state index contributed by atoms with van der Waals surface area (Å²) < 4.78 is 0.626. The fourth-order valence-corrected chi connectivity index (χ4v) is 2.54. The van der Waals surface area contributed by atoms with Crippen LogP contribution in [0.15, 0.2) is 10.5 Å². The number of fused-ring (bicyclic) bond motifs is 1. The molecule has 0 radical (unpaired) electrons. The van der Waals surface area contributed by atoms with E-state index in [1.807, 2.05) is 0 Å². The number of aromatic hydroxyl groups is 1. The van der Waals surface area contributed by atoms with Crippen molar-refractivity contribution in [3.63, 3.8) is 0 Å². The second-order valence-corrected chi connectivity index (χ2v) is 4.24. The predicted octanol–water partition coefficient (Wildman–Crippen LogP) is 1.74. The molecule has 1 amide bonds. The number of hydrogen-bond acceptors (Lipinski definition) is 2. The van der Waals surface area contributed by atoms with E-state index in [2.05, 4.69) is 15.9 Å². The Morgan fingerprint density at radius 3 is 2.86 bits per heavy atom. The number of carbonyl (C=O) groups excluding carboxylic acids is 1. The lowest BCUT2D eigenvalue weighted by molar-refractivity contribution is 0.0997. The van der Waals surface area contributed by atoms with Crippen LogP contribution >= 0.6 is 15.9 Å². The highest BCUT2D eigenvalue weighted by atomic mass is 79.9. The maximum atomic E-state index is 11.0. The van der Waals surface area contributed by atoms with Gasteiger partial charge in [0.05, 0.1) is 10.0 Å². The van der Waals surface area contributed by atoms with Crippen LogP contribution in [0.3, 0.4) is 0 Å². The van der Waals surface area contributed by atoms with Gasteiger partial charge in [0.25, 0.3) is 5.91 Å². The Kier molecular flexibility index (Phi) is 2.23. The zero-order valence-corrected chi connectivity index (χ0v) is 9.10. The summed E-state index contributed by atoms with van der Waals surface area (Å²) in [6, 6.07) is 1.70. The van der Waals surface area contributed by atoms with E-state index in [4.69, 9.17) is 5.73 Å². The third kappa shape index (κ3) is 1.30. The van der Waals surface area contributed by atoms with E-state index < -0.39 is 5.91 Å². The van der Waals surface area contributed by atoms with Gasteiger partial charge in [0, 0.05) is 0 Å². The molecule has 0 aromatic heterocycles. The molecule has 4 heteroatoms. The number of phenols is 1. The molecule has 2 rings (SSSR count). The van der Waals surface area contributed by atoms with Crippen molar-refractivity contribution in [2.24, 2.45) is 5.73 Å². The summed E-state index contributed by atoms with van der Waals surface area (Å²) in [6.07, 6.45) is 2.96. The SMILES string of the molecule is NC(=O)c1cc2c(c(Br)c1O)CCC2. The minimum absolute atomic E-state index is 0.0295. The minimum Gasteiger partial charge on any atom is -0.506 e. The van der Waals surface area contributed by atoms with Crippen LogP contribution in [0.2, 0.25) is 0 Å². The largest absolute Gasteiger partial charge is 0.506 e. The number of primary amides is 1. The van der Waals surface area contributed by atoms with E-state index in [0.717, 1.165) is 30.4 Å². The Morgan fingerprint density at radius 2 is 2.21 bits per heavy atom. The zero-order valence-electron chi connectivity index (χ0n) is 7.51. The predicted molar refractivity (Wildman–Crippen MR) is 56.3 cm³/mol. The molecule has 3 nitrogen and oxygen atoms in total. The molecular weight excluding hydrogens is 246 g/mol. The van der Waals surface area contributed by atoms with Gasteiger partial charge in [-0.1, -0.05) is 0 Å². The number of amides is 1. The maximum absolute atomic E-state index is 11.0. The molecule has 0 saturated carbocycles. The van der Waals surface area contributed by atoms with Crippen molar-refractivity contribution in [3.8, 4) is 5.75 Å². The fourth-order valence-electron chi connectivity index (χ4n) is 1.87. The van der Waals surface area contributed by atoms with Gasteiger partial charge in [0.1, 0.15) is 5.75 Å². The number of hydrogen-bond donors (Lipinski definition) is 2. The number of nitrogens with two attached hydrogens (primary N) is 1. The van der Waals surface area contributed by atoms with E-state index in [9.17, 15) is 9.90 Å². The maximum Gasteiger partial charge on any atom is 0.252 e. The van der Waals surface area contributed by atoms with Crippen molar-refractivity contribution in [2.45, 2.75) is 19.3 Å². The van der Waals surface area contributed by atoms with Crippen molar-refractivity contribution in [3.05, 3.63) is 27.2 Å². The zero-order chi connectivity index (χ0) is 10.3. The first-order chi connectivity index (χ1) is 6.61. The monoisotopic (exact) mass is 255 g/mol. The van der Waals surface area contributed by atoms with Gasteiger partial charge in [-0.2, -0.15) is 0 Å². The van der Waals surface area contributed by atoms with Crippen molar-refractivity contribution >= 4 is 21.8 Å². The van der Waals surface area contributed by atoms with Gasteiger partial charge < -0.3 is 10.8 Å². The molecule has 1 aromatic carbocycles. The first kappa shape index (κ1) is 9.52. The smallest absolute Gasteiger partial charge is 0.252 e. The third-order valence-corrected chi connectivity index (χ3v) is 3.43. The molecular formula is C10H10BrNO2. The summed E-state index contributed by atoms with van der Waals surface area (Å²) in [6.45, 7) is 0. The van der Waals surface area contributed by atoms with Crippen LogP contribution in [0.5, 0.6) is 5.75 Å². The summed E-state index contributed by atoms with van der Waals surface area (Å²) in [5.41, 5.74) is 7.58. The van der Waals surface area contributed by atoms with Crippen molar-refractivity contribution in [1.29, 1.82) is 0 Å². The third-order valence-electron chi connectivity index (χ3n) is 2.57. The Labute approximate surface area is 90.0 Å². The van der Waals surface area contributed by atoms with Gasteiger partial charge in [0.15, 0.2) is 0 Å². The molecule has 0 atom stereocenters. The number of rotatable bonds is 1. The van der Waals surface area contributed by atoms with Gasteiger partial charge in [0.2, 0.25) is 0 Å². The number of benzene rings is 1. The molecule has 0 saturated heterocycles. The lowest BCUT2D eigenvalue weighted by Gasteiger charge is -2.08. The lowest BCUT2D eigenvalue weighted by Crippen LogP contribution is -2.12. The highest BCUT2D eigenvalue weighted by Gasteiger charge is 2.21. The van der Waals surface area contributed by atoms with Gasteiger partial charge in [-0.25, -0.2) is 0 Å². The normalized spacial score (nSPS) is 14.1. The van der Waals surface area contributed by atoms with E-state index in [0.29, 0.717) is 4.47 Å². The molecule has 0 bridgehead atoms. The first-order valence-electron chi connectivity index (χ1n) is 4.44. The quantitative estimate of drug-likeness (QED) is 0.803. The summed E-state index contributed by atoms with van der Waals surface area (Å²) in [4.78, 5) is 11.0. The Balaban J connectivity index is 2.67.